The van der Waals surface area contributed by atoms with Gasteiger partial charge in [-0.25, -0.2) is 20.4 Å². The molecule has 4 N–H and O–H groups in total. The molecule has 5 heterocycles. The second kappa shape index (κ2) is 12.6. The fourth-order valence-corrected chi connectivity index (χ4v) is 5.71. The Bertz CT molecular complexity index is 1590. The number of halogens is 3. The van der Waals surface area contributed by atoms with Crippen molar-refractivity contribution in [1.29, 1.82) is 0 Å². The summed E-state index contributed by atoms with van der Waals surface area (Å²) in [6.45, 7) is 3.84. The Morgan fingerprint density at radius 1 is 0.955 bits per heavy atom. The molecule has 44 heavy (non-hydrogen) atoms. The Morgan fingerprint density at radius 3 is 2.48 bits per heavy atom. The van der Waals surface area contributed by atoms with Crippen molar-refractivity contribution in [3.8, 4) is 11.3 Å². The number of benzene rings is 1. The monoisotopic (exact) mass is 602 g/mol. The van der Waals surface area contributed by atoms with Gasteiger partial charge in [0.15, 0.2) is 0 Å². The summed E-state index contributed by atoms with van der Waals surface area (Å²) in [5, 5.41) is 6.37. The number of hydrogen-bond donors (Lipinski definition) is 4. The van der Waals surface area contributed by atoms with E-state index in [0.29, 0.717) is 31.1 Å². The lowest BCUT2D eigenvalue weighted by Gasteiger charge is -2.35. The van der Waals surface area contributed by atoms with E-state index in [4.69, 9.17) is 0 Å². The van der Waals surface area contributed by atoms with Crippen LogP contribution in [0, 0.1) is 12.8 Å². The predicted molar refractivity (Wildman–Crippen MR) is 162 cm³/mol. The maximum atomic E-state index is 13.4. The maximum absolute atomic E-state index is 13.4. The Morgan fingerprint density at radius 2 is 1.75 bits per heavy atom. The first-order chi connectivity index (χ1) is 21.2. The average molecular weight is 603 g/mol. The Labute approximate surface area is 253 Å². The largest absolute Gasteiger partial charge is 0.416 e. The van der Waals surface area contributed by atoms with Crippen LogP contribution in [0.3, 0.4) is 0 Å². The van der Waals surface area contributed by atoms with E-state index in [1.54, 1.807) is 12.3 Å². The number of piperidine rings is 1. The molecule has 4 aromatic rings. The SMILES string of the molecule is Cc1cc(Nc2cc(C(F)(F)F)ccn2)nc(-c2ccc(NC3CCN(C(=O)C4CNNC4c4ccccc4)CC3)nc2)c1. The molecule has 6 rings (SSSR count). The summed E-state index contributed by atoms with van der Waals surface area (Å²) in [5.74, 6) is 1.19. The second-order valence-electron chi connectivity index (χ2n) is 11.2. The molecule has 2 fully saturated rings. The number of hydrogen-bond acceptors (Lipinski definition) is 8. The average Bonchev–Trinajstić information content (AvgIpc) is 3.52. The fraction of sp³-hybridized carbons (Fsp3) is 0.312. The molecule has 2 aliphatic rings. The highest BCUT2D eigenvalue weighted by atomic mass is 19.4. The first kappa shape index (κ1) is 29.5. The Kier molecular flexibility index (Phi) is 8.45. The molecule has 0 saturated carbocycles. The molecule has 0 aliphatic carbocycles. The van der Waals surface area contributed by atoms with Gasteiger partial charge in [-0.2, -0.15) is 13.2 Å². The van der Waals surface area contributed by atoms with Crippen LogP contribution >= 0.6 is 0 Å². The van der Waals surface area contributed by atoms with E-state index in [2.05, 4.69) is 36.4 Å². The minimum absolute atomic E-state index is 0.0470. The standard InChI is InChI=1S/C32H33F3N8O/c1-20-15-26(40-29(16-20)41-28-17-23(9-12-36-28)32(33,34)35)22-7-8-27(37-18-22)39-24-10-13-43(14-11-24)31(44)25-19-38-42-30(25)21-5-3-2-4-6-21/h2-9,12,15-18,24-25,30,38,42H,10-11,13-14,19H2,1H3,(H,37,39)(H,36,40,41). The zero-order valence-electron chi connectivity index (χ0n) is 24.1. The van der Waals surface area contributed by atoms with Crippen LogP contribution in [-0.2, 0) is 11.0 Å². The number of hydrazine groups is 1. The van der Waals surface area contributed by atoms with E-state index in [-0.39, 0.29) is 29.7 Å². The fourth-order valence-electron chi connectivity index (χ4n) is 5.71. The third-order valence-electron chi connectivity index (χ3n) is 7.99. The van der Waals surface area contributed by atoms with Gasteiger partial charge in [0.25, 0.3) is 0 Å². The summed E-state index contributed by atoms with van der Waals surface area (Å²) >= 11 is 0. The number of amides is 1. The van der Waals surface area contributed by atoms with Gasteiger partial charge in [-0.3, -0.25) is 10.2 Å². The number of rotatable bonds is 7. The van der Waals surface area contributed by atoms with Gasteiger partial charge in [0.2, 0.25) is 5.91 Å². The van der Waals surface area contributed by atoms with Gasteiger partial charge < -0.3 is 15.5 Å². The number of alkyl halides is 3. The molecule has 3 aromatic heterocycles. The highest BCUT2D eigenvalue weighted by Crippen LogP contribution is 2.31. The van der Waals surface area contributed by atoms with Gasteiger partial charge in [0.1, 0.15) is 17.5 Å². The lowest BCUT2D eigenvalue weighted by atomic mass is 9.92. The normalized spacial score (nSPS) is 19.1. The third-order valence-corrected chi connectivity index (χ3v) is 7.99. The zero-order valence-corrected chi connectivity index (χ0v) is 24.1. The first-order valence-corrected chi connectivity index (χ1v) is 14.6. The zero-order chi connectivity index (χ0) is 30.7. The smallest absolute Gasteiger partial charge is 0.367 e. The molecular formula is C32H33F3N8O. The molecule has 0 radical (unpaired) electrons. The third kappa shape index (κ3) is 6.81. The summed E-state index contributed by atoms with van der Waals surface area (Å²) in [4.78, 5) is 28.5. The number of carbonyl (C=O) groups is 1. The number of carbonyl (C=O) groups excluding carboxylic acids is 1. The van der Waals surface area contributed by atoms with Crippen molar-refractivity contribution in [2.24, 2.45) is 5.92 Å². The summed E-state index contributed by atoms with van der Waals surface area (Å²) in [6, 6.07) is 19.5. The second-order valence-corrected chi connectivity index (χ2v) is 11.2. The highest BCUT2D eigenvalue weighted by Gasteiger charge is 2.37. The van der Waals surface area contributed by atoms with E-state index >= 15 is 0 Å². The minimum atomic E-state index is -4.46. The van der Waals surface area contributed by atoms with Crippen LogP contribution in [0.25, 0.3) is 11.3 Å². The molecule has 12 heteroatoms. The van der Waals surface area contributed by atoms with Crippen molar-refractivity contribution < 1.29 is 18.0 Å². The molecule has 2 saturated heterocycles. The number of aryl methyl sites for hydroxylation is 1. The van der Waals surface area contributed by atoms with Crippen LogP contribution in [0.4, 0.5) is 30.6 Å². The topological polar surface area (TPSA) is 107 Å². The predicted octanol–water partition coefficient (Wildman–Crippen LogP) is 5.48. The van der Waals surface area contributed by atoms with Crippen molar-refractivity contribution >= 4 is 23.4 Å². The van der Waals surface area contributed by atoms with Crippen LogP contribution in [0.1, 0.15) is 35.6 Å². The van der Waals surface area contributed by atoms with Gasteiger partial charge >= 0.3 is 6.18 Å². The van der Waals surface area contributed by atoms with Gasteiger partial charge in [0, 0.05) is 43.6 Å². The van der Waals surface area contributed by atoms with E-state index in [1.807, 2.05) is 60.4 Å². The number of nitrogens with one attached hydrogen (secondary N) is 4. The molecule has 1 aromatic carbocycles. The van der Waals surface area contributed by atoms with Crippen molar-refractivity contribution in [3.63, 3.8) is 0 Å². The van der Waals surface area contributed by atoms with Gasteiger partial charge in [-0.15, -0.1) is 0 Å². The van der Waals surface area contributed by atoms with Crippen LogP contribution in [0.15, 0.2) is 79.1 Å². The van der Waals surface area contributed by atoms with Gasteiger partial charge in [-0.05, 0) is 67.3 Å². The molecule has 2 atom stereocenters. The van der Waals surface area contributed by atoms with E-state index in [1.165, 1.54) is 0 Å². The van der Waals surface area contributed by atoms with E-state index < -0.39 is 11.7 Å². The van der Waals surface area contributed by atoms with Crippen molar-refractivity contribution in [2.75, 3.05) is 30.3 Å². The van der Waals surface area contributed by atoms with Gasteiger partial charge in [-0.1, -0.05) is 30.3 Å². The van der Waals surface area contributed by atoms with E-state index in [0.717, 1.165) is 53.7 Å². The molecule has 1 amide bonds. The quantitative estimate of drug-likeness (QED) is 0.221. The molecular weight excluding hydrogens is 569 g/mol. The minimum Gasteiger partial charge on any atom is -0.367 e. The number of likely N-dealkylation sites (tertiary alicyclic amines) is 1. The molecule has 2 unspecified atom stereocenters. The molecule has 228 valence electrons. The summed E-state index contributed by atoms with van der Waals surface area (Å²) in [7, 11) is 0. The number of aromatic nitrogens is 3. The highest BCUT2D eigenvalue weighted by molar-refractivity contribution is 5.80. The molecule has 9 nitrogen and oxygen atoms in total. The summed E-state index contributed by atoms with van der Waals surface area (Å²) in [6.07, 6.45) is 0.00902. The molecule has 2 aliphatic heterocycles. The summed E-state index contributed by atoms with van der Waals surface area (Å²) < 4.78 is 39.3. The van der Waals surface area contributed by atoms with Gasteiger partial charge in [0.05, 0.1) is 23.2 Å². The lowest BCUT2D eigenvalue weighted by Crippen LogP contribution is -2.46. The van der Waals surface area contributed by atoms with Crippen LogP contribution < -0.4 is 21.5 Å². The Balaban J connectivity index is 1.05. The molecule has 0 bridgehead atoms. The summed E-state index contributed by atoms with van der Waals surface area (Å²) in [5.41, 5.74) is 9.02. The van der Waals surface area contributed by atoms with Crippen molar-refractivity contribution in [1.82, 2.24) is 30.7 Å². The van der Waals surface area contributed by atoms with Crippen LogP contribution in [0.2, 0.25) is 0 Å². The first-order valence-electron chi connectivity index (χ1n) is 14.6. The van der Waals surface area contributed by atoms with Crippen molar-refractivity contribution in [2.45, 2.75) is 38.0 Å². The Hall–Kier alpha value is -4.55. The number of pyridine rings is 3. The lowest BCUT2D eigenvalue weighted by molar-refractivity contribution is -0.138. The number of anilines is 3. The number of nitrogens with zero attached hydrogens (tertiary/aromatic N) is 4. The van der Waals surface area contributed by atoms with E-state index in [9.17, 15) is 18.0 Å². The van der Waals surface area contributed by atoms with Crippen LogP contribution in [-0.4, -0.2) is 51.4 Å². The van der Waals surface area contributed by atoms with Crippen molar-refractivity contribution in [3.05, 3.63) is 95.8 Å². The molecule has 0 spiro atoms. The van der Waals surface area contributed by atoms with Crippen LogP contribution in [0.5, 0.6) is 0 Å². The maximum Gasteiger partial charge on any atom is 0.416 e.